The van der Waals surface area contributed by atoms with Crippen molar-refractivity contribution in [3.63, 3.8) is 0 Å². The van der Waals surface area contributed by atoms with Gasteiger partial charge in [0.1, 0.15) is 0 Å². The van der Waals surface area contributed by atoms with E-state index in [1.54, 1.807) is 0 Å². The largest absolute Gasteiger partial charge is 0.493 e. The number of rotatable bonds is 4. The SMILES string of the molecule is COc1c(CCON)cc(Br)c(F)c1F. The van der Waals surface area contributed by atoms with Gasteiger partial charge in [0, 0.05) is 12.0 Å². The van der Waals surface area contributed by atoms with Crippen molar-refractivity contribution in [3.8, 4) is 5.75 Å². The molecule has 84 valence electrons. The first-order valence-electron chi connectivity index (χ1n) is 4.13. The van der Waals surface area contributed by atoms with Crippen LogP contribution >= 0.6 is 15.9 Å². The molecule has 0 amide bonds. The minimum absolute atomic E-state index is 0.0489. The molecule has 1 aromatic rings. The molecule has 0 atom stereocenters. The van der Waals surface area contributed by atoms with Gasteiger partial charge in [-0.1, -0.05) is 0 Å². The number of hydrogen-bond donors (Lipinski definition) is 1. The first-order valence-corrected chi connectivity index (χ1v) is 4.93. The van der Waals surface area contributed by atoms with E-state index in [9.17, 15) is 8.78 Å². The van der Waals surface area contributed by atoms with Crippen LogP contribution < -0.4 is 10.6 Å². The summed E-state index contributed by atoms with van der Waals surface area (Å²) in [6.07, 6.45) is 0.343. The van der Waals surface area contributed by atoms with E-state index in [0.29, 0.717) is 12.0 Å². The summed E-state index contributed by atoms with van der Waals surface area (Å²) >= 11 is 2.91. The third kappa shape index (κ3) is 2.64. The normalized spacial score (nSPS) is 10.5. The predicted molar refractivity (Wildman–Crippen MR) is 54.5 cm³/mol. The molecule has 0 aromatic heterocycles. The van der Waals surface area contributed by atoms with Crippen molar-refractivity contribution >= 4 is 15.9 Å². The van der Waals surface area contributed by atoms with Gasteiger partial charge in [0.2, 0.25) is 5.82 Å². The second-order valence-electron chi connectivity index (χ2n) is 2.80. The first kappa shape index (κ1) is 12.4. The van der Waals surface area contributed by atoms with Crippen molar-refractivity contribution in [1.29, 1.82) is 0 Å². The summed E-state index contributed by atoms with van der Waals surface area (Å²) in [6, 6.07) is 1.44. The number of methoxy groups -OCH3 is 1. The van der Waals surface area contributed by atoms with E-state index < -0.39 is 11.6 Å². The topological polar surface area (TPSA) is 44.5 Å². The van der Waals surface area contributed by atoms with Crippen molar-refractivity contribution in [1.82, 2.24) is 0 Å². The van der Waals surface area contributed by atoms with Gasteiger partial charge in [-0.3, -0.25) is 0 Å². The Morgan fingerprint density at radius 3 is 2.60 bits per heavy atom. The van der Waals surface area contributed by atoms with E-state index in [0.717, 1.165) is 0 Å². The quantitative estimate of drug-likeness (QED) is 0.680. The Morgan fingerprint density at radius 1 is 1.40 bits per heavy atom. The summed E-state index contributed by atoms with van der Waals surface area (Å²) in [5, 5.41) is 0. The molecular formula is C9H10BrF2NO2. The van der Waals surface area contributed by atoms with Crippen LogP contribution in [0, 0.1) is 11.6 Å². The lowest BCUT2D eigenvalue weighted by Gasteiger charge is -2.10. The van der Waals surface area contributed by atoms with Gasteiger partial charge in [0.25, 0.3) is 0 Å². The zero-order valence-corrected chi connectivity index (χ0v) is 9.61. The second-order valence-corrected chi connectivity index (χ2v) is 3.65. The first-order chi connectivity index (χ1) is 7.11. The molecule has 0 unspecified atom stereocenters. The Morgan fingerprint density at radius 2 is 2.07 bits per heavy atom. The molecule has 1 aromatic carbocycles. The Labute approximate surface area is 94.2 Å². The van der Waals surface area contributed by atoms with Crippen LogP contribution in [0.3, 0.4) is 0 Å². The van der Waals surface area contributed by atoms with Gasteiger partial charge in [-0.25, -0.2) is 10.3 Å². The van der Waals surface area contributed by atoms with Crippen LogP contribution in [-0.2, 0) is 11.3 Å². The molecule has 0 aliphatic rings. The highest BCUT2D eigenvalue weighted by atomic mass is 79.9. The highest BCUT2D eigenvalue weighted by Crippen LogP contribution is 2.30. The smallest absolute Gasteiger partial charge is 0.202 e. The maximum Gasteiger partial charge on any atom is 0.202 e. The summed E-state index contributed by atoms with van der Waals surface area (Å²) in [6.45, 7) is 0.202. The molecule has 3 nitrogen and oxygen atoms in total. The summed E-state index contributed by atoms with van der Waals surface area (Å²) in [4.78, 5) is 4.37. The zero-order valence-electron chi connectivity index (χ0n) is 8.02. The average Bonchev–Trinajstić information content (AvgIpc) is 2.23. The lowest BCUT2D eigenvalue weighted by atomic mass is 10.1. The predicted octanol–water partition coefficient (Wildman–Crippen LogP) is 2.17. The maximum absolute atomic E-state index is 13.3. The molecule has 1 rings (SSSR count). The van der Waals surface area contributed by atoms with Gasteiger partial charge in [-0.05, 0) is 22.0 Å². The fourth-order valence-corrected chi connectivity index (χ4v) is 1.65. The number of nitrogens with two attached hydrogens (primary N) is 1. The monoisotopic (exact) mass is 281 g/mol. The van der Waals surface area contributed by atoms with Gasteiger partial charge in [-0.2, -0.15) is 4.39 Å². The van der Waals surface area contributed by atoms with Crippen LogP contribution in [0.25, 0.3) is 0 Å². The van der Waals surface area contributed by atoms with Crippen LogP contribution in [0.15, 0.2) is 10.5 Å². The lowest BCUT2D eigenvalue weighted by Crippen LogP contribution is -2.06. The van der Waals surface area contributed by atoms with Gasteiger partial charge in [0.05, 0.1) is 18.2 Å². The molecule has 2 N–H and O–H groups in total. The molecule has 0 spiro atoms. The minimum atomic E-state index is -1.01. The number of ether oxygens (including phenoxy) is 1. The third-order valence-electron chi connectivity index (χ3n) is 1.89. The molecule has 0 radical (unpaired) electrons. The van der Waals surface area contributed by atoms with Crippen LogP contribution in [0.4, 0.5) is 8.78 Å². The molecule has 0 bridgehead atoms. The van der Waals surface area contributed by atoms with Crippen molar-refractivity contribution in [2.75, 3.05) is 13.7 Å². The van der Waals surface area contributed by atoms with Gasteiger partial charge >= 0.3 is 0 Å². The summed E-state index contributed by atoms with van der Waals surface area (Å²) in [5.41, 5.74) is 0.494. The van der Waals surface area contributed by atoms with Crippen molar-refractivity contribution in [2.45, 2.75) is 6.42 Å². The fraction of sp³-hybridized carbons (Fsp3) is 0.333. The highest BCUT2D eigenvalue weighted by Gasteiger charge is 2.17. The number of halogens is 3. The van der Waals surface area contributed by atoms with E-state index in [4.69, 9.17) is 10.6 Å². The molecule has 0 aliphatic carbocycles. The molecule has 0 heterocycles. The molecule has 0 saturated carbocycles. The molecule has 6 heteroatoms. The van der Waals surface area contributed by atoms with Crippen LogP contribution in [0.5, 0.6) is 5.75 Å². The fourth-order valence-electron chi connectivity index (χ4n) is 1.20. The van der Waals surface area contributed by atoms with E-state index in [1.165, 1.54) is 13.2 Å². The molecule has 15 heavy (non-hydrogen) atoms. The minimum Gasteiger partial charge on any atom is -0.493 e. The van der Waals surface area contributed by atoms with Gasteiger partial charge in [-0.15, -0.1) is 0 Å². The highest BCUT2D eigenvalue weighted by molar-refractivity contribution is 9.10. The van der Waals surface area contributed by atoms with Gasteiger partial charge in [0.15, 0.2) is 11.6 Å². The molecule has 0 fully saturated rings. The maximum atomic E-state index is 13.3. The van der Waals surface area contributed by atoms with Crippen molar-refractivity contribution < 1.29 is 18.4 Å². The average molecular weight is 282 g/mol. The second kappa shape index (κ2) is 5.39. The molecule has 0 aliphatic heterocycles. The number of hydrogen-bond acceptors (Lipinski definition) is 3. The summed E-state index contributed by atoms with van der Waals surface area (Å²) < 4.78 is 31.3. The van der Waals surface area contributed by atoms with Crippen LogP contribution in [-0.4, -0.2) is 13.7 Å². The van der Waals surface area contributed by atoms with Crippen LogP contribution in [0.1, 0.15) is 5.56 Å². The van der Waals surface area contributed by atoms with Crippen LogP contribution in [0.2, 0.25) is 0 Å². The Balaban J connectivity index is 3.13. The molecular weight excluding hydrogens is 272 g/mol. The summed E-state index contributed by atoms with van der Waals surface area (Å²) in [7, 11) is 1.28. The van der Waals surface area contributed by atoms with E-state index in [2.05, 4.69) is 20.8 Å². The Bertz CT molecular complexity index is 360. The lowest BCUT2D eigenvalue weighted by molar-refractivity contribution is 0.140. The van der Waals surface area contributed by atoms with E-state index in [-0.39, 0.29) is 16.8 Å². The van der Waals surface area contributed by atoms with E-state index in [1.807, 2.05) is 0 Å². The number of benzene rings is 1. The Kier molecular flexibility index (Phi) is 4.44. The summed E-state index contributed by atoms with van der Waals surface area (Å²) in [5.74, 6) is 2.75. The third-order valence-corrected chi connectivity index (χ3v) is 2.46. The van der Waals surface area contributed by atoms with Crippen molar-refractivity contribution in [2.24, 2.45) is 5.90 Å². The Hall–Kier alpha value is -0.720. The van der Waals surface area contributed by atoms with E-state index >= 15 is 0 Å². The molecule has 0 saturated heterocycles. The standard InChI is InChI=1S/C9H10BrF2NO2/c1-14-9-5(2-3-15-13)4-6(10)7(11)8(9)12/h4H,2-3,13H2,1H3. The van der Waals surface area contributed by atoms with Crippen molar-refractivity contribution in [3.05, 3.63) is 27.7 Å². The van der Waals surface area contributed by atoms with Gasteiger partial charge < -0.3 is 9.57 Å². The zero-order chi connectivity index (χ0) is 11.4.